The fourth-order valence-corrected chi connectivity index (χ4v) is 7.63. The summed E-state index contributed by atoms with van der Waals surface area (Å²) >= 11 is 0. The number of furan rings is 1. The first-order chi connectivity index (χ1) is 24.8. The molecule has 0 aliphatic rings. The first kappa shape index (κ1) is 28.4. The maximum atomic E-state index is 6.35. The first-order valence-electron chi connectivity index (χ1n) is 17.1. The Morgan fingerprint density at radius 1 is 0.320 bits per heavy atom. The second kappa shape index (κ2) is 11.5. The quantitative estimate of drug-likeness (QED) is 0.175. The molecule has 0 saturated carbocycles. The van der Waals surface area contributed by atoms with E-state index in [2.05, 4.69) is 193 Å². The maximum Gasteiger partial charge on any atom is 0.136 e. The summed E-state index contributed by atoms with van der Waals surface area (Å²) in [6.45, 7) is 0. The Hall–Kier alpha value is -6.64. The number of hydrogen-bond donors (Lipinski definition) is 0. The largest absolute Gasteiger partial charge is 0.456 e. The standard InChI is InChI=1S/C48H31NO/c1-2-14-37(15-3-1)49(38-25-21-33(22-26-38)40-18-10-19-42-39-16-7-6-11-32(39)23-27-43(40)42)46-20-9-8-17-41(46)36-24-28-47-44(30-36)45-29-34-12-4-5-13-35(34)31-48(45)50-47/h1-31H. The predicted molar refractivity (Wildman–Crippen MR) is 212 cm³/mol. The second-order valence-corrected chi connectivity index (χ2v) is 12.9. The van der Waals surface area contributed by atoms with Crippen LogP contribution in [-0.4, -0.2) is 0 Å². The first-order valence-corrected chi connectivity index (χ1v) is 17.1. The Bertz CT molecular complexity index is 2870. The van der Waals surface area contributed by atoms with Gasteiger partial charge in [-0.2, -0.15) is 0 Å². The minimum atomic E-state index is 0.897. The lowest BCUT2D eigenvalue weighted by atomic mass is 9.94. The highest BCUT2D eigenvalue weighted by Gasteiger charge is 2.19. The number of benzene rings is 9. The van der Waals surface area contributed by atoms with Gasteiger partial charge in [-0.1, -0.05) is 133 Å². The van der Waals surface area contributed by atoms with Crippen LogP contribution in [0.3, 0.4) is 0 Å². The highest BCUT2D eigenvalue weighted by Crippen LogP contribution is 2.43. The molecular weight excluding hydrogens is 607 g/mol. The van der Waals surface area contributed by atoms with Gasteiger partial charge in [-0.05, 0) is 104 Å². The van der Waals surface area contributed by atoms with Crippen LogP contribution in [0.2, 0.25) is 0 Å². The van der Waals surface area contributed by atoms with E-state index in [4.69, 9.17) is 4.42 Å². The molecule has 10 aromatic rings. The molecule has 0 spiro atoms. The fraction of sp³-hybridized carbons (Fsp3) is 0. The van der Waals surface area contributed by atoms with Crippen molar-refractivity contribution in [3.05, 3.63) is 188 Å². The summed E-state index contributed by atoms with van der Waals surface area (Å²) in [7, 11) is 0. The van der Waals surface area contributed by atoms with E-state index in [0.29, 0.717) is 0 Å². The van der Waals surface area contributed by atoms with Crippen LogP contribution in [-0.2, 0) is 0 Å². The second-order valence-electron chi connectivity index (χ2n) is 12.9. The average Bonchev–Trinajstić information content (AvgIpc) is 3.54. The summed E-state index contributed by atoms with van der Waals surface area (Å²) in [4.78, 5) is 2.36. The van der Waals surface area contributed by atoms with E-state index in [1.165, 1.54) is 43.4 Å². The van der Waals surface area contributed by atoms with Gasteiger partial charge in [0.2, 0.25) is 0 Å². The van der Waals surface area contributed by atoms with Gasteiger partial charge in [0.05, 0.1) is 5.69 Å². The molecule has 0 aliphatic heterocycles. The summed E-state index contributed by atoms with van der Waals surface area (Å²) in [5.41, 5.74) is 9.84. The molecular formula is C48H31NO. The number of fused-ring (bicyclic) bond motifs is 7. The van der Waals surface area contributed by atoms with Crippen LogP contribution in [0.4, 0.5) is 17.1 Å². The molecule has 0 amide bonds. The van der Waals surface area contributed by atoms with Crippen molar-refractivity contribution in [2.45, 2.75) is 0 Å². The van der Waals surface area contributed by atoms with Crippen LogP contribution in [0.25, 0.3) is 76.5 Å². The van der Waals surface area contributed by atoms with Crippen molar-refractivity contribution in [1.82, 2.24) is 0 Å². The third-order valence-corrected chi connectivity index (χ3v) is 10.0. The van der Waals surface area contributed by atoms with Crippen LogP contribution in [0.15, 0.2) is 192 Å². The molecule has 0 aliphatic carbocycles. The summed E-state index contributed by atoms with van der Waals surface area (Å²) < 4.78 is 6.35. The third kappa shape index (κ3) is 4.65. The van der Waals surface area contributed by atoms with Gasteiger partial charge in [-0.25, -0.2) is 0 Å². The number of nitrogens with zero attached hydrogens (tertiary/aromatic N) is 1. The molecule has 0 saturated heterocycles. The molecule has 1 heterocycles. The van der Waals surface area contributed by atoms with Crippen LogP contribution >= 0.6 is 0 Å². The molecule has 0 radical (unpaired) electrons. The van der Waals surface area contributed by atoms with E-state index in [1.54, 1.807) is 0 Å². The molecule has 2 heteroatoms. The molecule has 234 valence electrons. The summed E-state index contributed by atoms with van der Waals surface area (Å²) in [5, 5.41) is 9.74. The SMILES string of the molecule is c1ccc(N(c2ccc(-c3cccc4c3ccc3ccccc34)cc2)c2ccccc2-c2ccc3oc4cc5ccccc5cc4c3c2)cc1. The maximum absolute atomic E-state index is 6.35. The zero-order chi connectivity index (χ0) is 33.0. The van der Waals surface area contributed by atoms with Crippen molar-refractivity contribution >= 4 is 71.3 Å². The van der Waals surface area contributed by atoms with Gasteiger partial charge in [0, 0.05) is 27.7 Å². The van der Waals surface area contributed by atoms with Crippen molar-refractivity contribution in [2.75, 3.05) is 4.90 Å². The normalized spacial score (nSPS) is 11.6. The zero-order valence-corrected chi connectivity index (χ0v) is 27.3. The van der Waals surface area contributed by atoms with Crippen molar-refractivity contribution < 1.29 is 4.42 Å². The zero-order valence-electron chi connectivity index (χ0n) is 27.3. The van der Waals surface area contributed by atoms with Gasteiger partial charge in [0.15, 0.2) is 0 Å². The van der Waals surface area contributed by atoms with Crippen molar-refractivity contribution in [2.24, 2.45) is 0 Å². The molecule has 1 aromatic heterocycles. The fourth-order valence-electron chi connectivity index (χ4n) is 7.63. The lowest BCUT2D eigenvalue weighted by Crippen LogP contribution is -2.11. The average molecular weight is 638 g/mol. The van der Waals surface area contributed by atoms with Gasteiger partial charge < -0.3 is 9.32 Å². The van der Waals surface area contributed by atoms with E-state index in [-0.39, 0.29) is 0 Å². The molecule has 0 fully saturated rings. The van der Waals surface area contributed by atoms with Gasteiger partial charge >= 0.3 is 0 Å². The highest BCUT2D eigenvalue weighted by molar-refractivity contribution is 6.13. The number of anilines is 3. The smallest absolute Gasteiger partial charge is 0.136 e. The summed E-state index contributed by atoms with van der Waals surface area (Å²) in [5.74, 6) is 0. The van der Waals surface area contributed by atoms with Crippen LogP contribution in [0.1, 0.15) is 0 Å². The third-order valence-electron chi connectivity index (χ3n) is 10.0. The molecule has 0 N–H and O–H groups in total. The van der Waals surface area contributed by atoms with Gasteiger partial charge in [-0.15, -0.1) is 0 Å². The molecule has 2 nitrogen and oxygen atoms in total. The number of hydrogen-bond acceptors (Lipinski definition) is 2. The predicted octanol–water partition coefficient (Wildman–Crippen LogP) is 13.8. The molecule has 0 bridgehead atoms. The highest BCUT2D eigenvalue weighted by atomic mass is 16.3. The Morgan fingerprint density at radius 2 is 0.960 bits per heavy atom. The van der Waals surface area contributed by atoms with Gasteiger partial charge in [0.1, 0.15) is 11.2 Å². The number of para-hydroxylation sites is 2. The summed E-state index contributed by atoms with van der Waals surface area (Å²) in [6, 6.07) is 67.5. The molecule has 50 heavy (non-hydrogen) atoms. The Morgan fingerprint density at radius 3 is 1.82 bits per heavy atom. The van der Waals surface area contributed by atoms with Crippen LogP contribution in [0.5, 0.6) is 0 Å². The molecule has 10 rings (SSSR count). The molecule has 0 atom stereocenters. The lowest BCUT2D eigenvalue weighted by molar-refractivity contribution is 0.669. The van der Waals surface area contributed by atoms with Crippen molar-refractivity contribution in [3.8, 4) is 22.3 Å². The van der Waals surface area contributed by atoms with Crippen molar-refractivity contribution in [3.63, 3.8) is 0 Å². The Kier molecular flexibility index (Phi) is 6.53. The van der Waals surface area contributed by atoms with E-state index in [9.17, 15) is 0 Å². The van der Waals surface area contributed by atoms with E-state index in [1.807, 2.05) is 0 Å². The monoisotopic (exact) mass is 637 g/mol. The molecule has 0 unspecified atom stereocenters. The Labute approximate surface area is 290 Å². The minimum Gasteiger partial charge on any atom is -0.456 e. The summed E-state index contributed by atoms with van der Waals surface area (Å²) in [6.07, 6.45) is 0. The Balaban J connectivity index is 1.10. The van der Waals surface area contributed by atoms with Gasteiger partial charge in [-0.3, -0.25) is 0 Å². The van der Waals surface area contributed by atoms with Crippen molar-refractivity contribution in [1.29, 1.82) is 0 Å². The van der Waals surface area contributed by atoms with Crippen LogP contribution < -0.4 is 4.90 Å². The van der Waals surface area contributed by atoms with E-state index < -0.39 is 0 Å². The van der Waals surface area contributed by atoms with E-state index in [0.717, 1.165) is 50.1 Å². The topological polar surface area (TPSA) is 16.4 Å². The van der Waals surface area contributed by atoms with Gasteiger partial charge in [0.25, 0.3) is 0 Å². The minimum absolute atomic E-state index is 0.897. The van der Waals surface area contributed by atoms with E-state index >= 15 is 0 Å². The molecule has 9 aromatic carbocycles. The lowest BCUT2D eigenvalue weighted by Gasteiger charge is -2.28. The van der Waals surface area contributed by atoms with Crippen LogP contribution in [0, 0.1) is 0 Å². The number of rotatable bonds is 5.